The molecule has 0 spiro atoms. The summed E-state index contributed by atoms with van der Waals surface area (Å²) in [6.45, 7) is -0.465. The van der Waals surface area contributed by atoms with Crippen LogP contribution in [-0.4, -0.2) is 59.8 Å². The lowest BCUT2D eigenvalue weighted by Gasteiger charge is -2.16. The number of ether oxygens (including phenoxy) is 1. The van der Waals surface area contributed by atoms with Crippen molar-refractivity contribution in [2.24, 2.45) is 0 Å². The van der Waals surface area contributed by atoms with Crippen molar-refractivity contribution < 1.29 is 24.4 Å². The fourth-order valence-electron chi connectivity index (χ4n) is 2.21. The molecule has 1 aliphatic heterocycles. The van der Waals surface area contributed by atoms with Gasteiger partial charge in [-0.25, -0.2) is 4.98 Å². The number of nitrogen functional groups attached to an aromatic ring is 1. The topological polar surface area (TPSA) is 140 Å². The smallest absolute Gasteiger partial charge is 0.312 e. The lowest BCUT2D eigenvalue weighted by molar-refractivity contribution is -0.0511. The summed E-state index contributed by atoms with van der Waals surface area (Å²) >= 11 is 0. The van der Waals surface area contributed by atoms with Crippen LogP contribution < -0.4 is 5.73 Å². The molecule has 0 aliphatic carbocycles. The van der Waals surface area contributed by atoms with Crippen molar-refractivity contribution in [1.82, 2.24) is 19.5 Å². The van der Waals surface area contributed by atoms with E-state index >= 15 is 0 Å². The van der Waals surface area contributed by atoms with Crippen LogP contribution in [0.15, 0.2) is 6.33 Å². The highest BCUT2D eigenvalue weighted by Crippen LogP contribution is 2.31. The molecule has 0 bridgehead atoms. The number of nitrogens with zero attached hydrogens (tertiary/aromatic N) is 4. The van der Waals surface area contributed by atoms with Gasteiger partial charge in [0.1, 0.15) is 18.3 Å². The maximum atomic E-state index is 13.2. The van der Waals surface area contributed by atoms with Gasteiger partial charge in [-0.05, 0) is 0 Å². The molecule has 3 rings (SSSR count). The number of halogens is 1. The molecule has 108 valence electrons. The SMILES string of the molecule is Nc1nc(F)nc2c1ncn2[C@@H]1O[C@H](CO)[C@H](O)[C@@H]1O. The first-order chi connectivity index (χ1) is 9.52. The predicted molar refractivity (Wildman–Crippen MR) is 62.7 cm³/mol. The van der Waals surface area contributed by atoms with E-state index in [0.29, 0.717) is 0 Å². The average molecular weight is 285 g/mol. The molecule has 1 aliphatic rings. The number of anilines is 1. The molecule has 0 aromatic carbocycles. The molecular formula is C10H12FN5O4. The van der Waals surface area contributed by atoms with E-state index in [0.717, 1.165) is 0 Å². The molecule has 0 amide bonds. The van der Waals surface area contributed by atoms with Crippen LogP contribution in [0, 0.1) is 6.08 Å². The molecule has 1 fully saturated rings. The molecule has 4 atom stereocenters. The molecule has 0 saturated carbocycles. The number of imidazole rings is 1. The first-order valence-corrected chi connectivity index (χ1v) is 5.81. The predicted octanol–water partition coefficient (Wildman–Crippen LogP) is -1.84. The van der Waals surface area contributed by atoms with Crippen molar-refractivity contribution in [3.05, 3.63) is 12.4 Å². The summed E-state index contributed by atoms with van der Waals surface area (Å²) < 4.78 is 19.8. The van der Waals surface area contributed by atoms with Crippen LogP contribution in [0.25, 0.3) is 11.2 Å². The second kappa shape index (κ2) is 4.59. The Morgan fingerprint density at radius 2 is 2.10 bits per heavy atom. The van der Waals surface area contributed by atoms with Crippen molar-refractivity contribution in [3.8, 4) is 0 Å². The van der Waals surface area contributed by atoms with Gasteiger partial charge in [-0.15, -0.1) is 0 Å². The van der Waals surface area contributed by atoms with Gasteiger partial charge in [-0.2, -0.15) is 14.4 Å². The second-order valence-corrected chi connectivity index (χ2v) is 4.43. The van der Waals surface area contributed by atoms with Crippen LogP contribution in [0.3, 0.4) is 0 Å². The van der Waals surface area contributed by atoms with Crippen molar-refractivity contribution in [3.63, 3.8) is 0 Å². The summed E-state index contributed by atoms with van der Waals surface area (Å²) in [6.07, 6.45) is -4.38. The molecular weight excluding hydrogens is 273 g/mol. The lowest BCUT2D eigenvalue weighted by Crippen LogP contribution is -2.33. The summed E-state index contributed by atoms with van der Waals surface area (Å²) in [5.74, 6) is -0.141. The summed E-state index contributed by atoms with van der Waals surface area (Å²) in [5.41, 5.74) is 5.71. The van der Waals surface area contributed by atoms with Crippen molar-refractivity contribution in [2.45, 2.75) is 24.5 Å². The Labute approximate surface area is 111 Å². The monoisotopic (exact) mass is 285 g/mol. The normalized spacial score (nSPS) is 30.2. The Bertz CT molecular complexity index is 650. The van der Waals surface area contributed by atoms with E-state index in [4.69, 9.17) is 15.6 Å². The largest absolute Gasteiger partial charge is 0.394 e. The first-order valence-electron chi connectivity index (χ1n) is 5.81. The van der Waals surface area contributed by atoms with Crippen LogP contribution in [0.5, 0.6) is 0 Å². The molecule has 2 aromatic heterocycles. The summed E-state index contributed by atoms with van der Waals surface area (Å²) in [7, 11) is 0. The van der Waals surface area contributed by atoms with Crippen molar-refractivity contribution in [2.75, 3.05) is 12.3 Å². The Kier molecular flexibility index (Phi) is 3.01. The molecule has 2 aromatic rings. The van der Waals surface area contributed by atoms with E-state index in [-0.39, 0.29) is 17.0 Å². The number of aromatic nitrogens is 4. The fourth-order valence-corrected chi connectivity index (χ4v) is 2.21. The van der Waals surface area contributed by atoms with Crippen LogP contribution in [0.2, 0.25) is 0 Å². The quantitative estimate of drug-likeness (QED) is 0.472. The van der Waals surface area contributed by atoms with Crippen LogP contribution in [0.4, 0.5) is 10.2 Å². The molecule has 10 heteroatoms. The molecule has 20 heavy (non-hydrogen) atoms. The van der Waals surface area contributed by atoms with Gasteiger partial charge in [0.05, 0.1) is 12.9 Å². The van der Waals surface area contributed by atoms with E-state index in [9.17, 15) is 14.6 Å². The van der Waals surface area contributed by atoms with Gasteiger partial charge in [0.2, 0.25) is 0 Å². The highest BCUT2D eigenvalue weighted by atomic mass is 19.1. The average Bonchev–Trinajstić information content (AvgIpc) is 2.93. The molecule has 0 radical (unpaired) electrons. The third kappa shape index (κ3) is 1.81. The minimum atomic E-state index is -1.32. The fraction of sp³-hybridized carbons (Fsp3) is 0.500. The van der Waals surface area contributed by atoms with Gasteiger partial charge < -0.3 is 25.8 Å². The van der Waals surface area contributed by atoms with E-state index in [1.54, 1.807) is 0 Å². The lowest BCUT2D eigenvalue weighted by atomic mass is 10.1. The van der Waals surface area contributed by atoms with Gasteiger partial charge in [-0.1, -0.05) is 0 Å². The minimum absolute atomic E-state index is 0.0323. The number of nitrogens with two attached hydrogens (primary N) is 1. The van der Waals surface area contributed by atoms with E-state index in [2.05, 4.69) is 15.0 Å². The number of aliphatic hydroxyl groups is 3. The van der Waals surface area contributed by atoms with Crippen molar-refractivity contribution in [1.29, 1.82) is 0 Å². The zero-order valence-corrected chi connectivity index (χ0v) is 10.1. The van der Waals surface area contributed by atoms with Crippen LogP contribution in [-0.2, 0) is 4.74 Å². The Balaban J connectivity index is 2.07. The maximum absolute atomic E-state index is 13.2. The Hall–Kier alpha value is -1.88. The summed E-state index contributed by atoms with van der Waals surface area (Å²) in [5, 5.41) is 28.7. The molecule has 3 heterocycles. The van der Waals surface area contributed by atoms with E-state index in [1.165, 1.54) is 10.9 Å². The van der Waals surface area contributed by atoms with Gasteiger partial charge in [0, 0.05) is 0 Å². The first kappa shape index (κ1) is 13.1. The molecule has 0 unspecified atom stereocenters. The minimum Gasteiger partial charge on any atom is -0.394 e. The Morgan fingerprint density at radius 1 is 1.35 bits per heavy atom. The number of aliphatic hydroxyl groups excluding tert-OH is 3. The van der Waals surface area contributed by atoms with Gasteiger partial charge in [0.25, 0.3) is 0 Å². The maximum Gasteiger partial charge on any atom is 0.312 e. The van der Waals surface area contributed by atoms with E-state index in [1.807, 2.05) is 0 Å². The van der Waals surface area contributed by atoms with Gasteiger partial charge >= 0.3 is 6.08 Å². The number of fused-ring (bicyclic) bond motifs is 1. The highest BCUT2D eigenvalue weighted by molar-refractivity contribution is 5.81. The molecule has 5 N–H and O–H groups in total. The van der Waals surface area contributed by atoms with Gasteiger partial charge in [0.15, 0.2) is 23.2 Å². The second-order valence-electron chi connectivity index (χ2n) is 4.43. The number of rotatable bonds is 2. The highest BCUT2D eigenvalue weighted by Gasteiger charge is 2.44. The van der Waals surface area contributed by atoms with Gasteiger partial charge in [-0.3, -0.25) is 4.57 Å². The molecule has 1 saturated heterocycles. The Morgan fingerprint density at radius 3 is 2.75 bits per heavy atom. The number of hydrogen-bond acceptors (Lipinski definition) is 8. The zero-order chi connectivity index (χ0) is 14.4. The summed E-state index contributed by atoms with van der Waals surface area (Å²) in [4.78, 5) is 10.8. The van der Waals surface area contributed by atoms with Crippen LogP contribution >= 0.6 is 0 Å². The van der Waals surface area contributed by atoms with Crippen molar-refractivity contribution >= 4 is 17.0 Å². The number of hydrogen-bond donors (Lipinski definition) is 4. The standard InChI is InChI=1S/C10H12FN5O4/c11-10-14-7(12)4-8(15-10)16(2-13-4)9-6(19)5(18)3(1-17)20-9/h2-3,5-6,9,17-19H,1H2,(H2,12,14,15)/t3-,5+,6+,9-/m1/s1. The van der Waals surface area contributed by atoms with E-state index < -0.39 is 37.2 Å². The third-order valence-electron chi connectivity index (χ3n) is 3.21. The molecule has 9 nitrogen and oxygen atoms in total. The zero-order valence-electron chi connectivity index (χ0n) is 10.1. The third-order valence-corrected chi connectivity index (χ3v) is 3.21. The summed E-state index contributed by atoms with van der Waals surface area (Å²) in [6, 6.07) is 0. The van der Waals surface area contributed by atoms with Crippen LogP contribution in [0.1, 0.15) is 6.23 Å².